The molecule has 0 radical (unpaired) electrons. The topological polar surface area (TPSA) is 77.9 Å². The highest BCUT2D eigenvalue weighted by Crippen LogP contribution is 2.20. The molecule has 0 atom stereocenters. The Balaban J connectivity index is 2.67. The van der Waals surface area contributed by atoms with Crippen molar-refractivity contribution < 1.29 is 18.3 Å². The third-order valence-corrected chi connectivity index (χ3v) is 5.43. The van der Waals surface area contributed by atoms with Crippen LogP contribution in [0.15, 0.2) is 0 Å². The van der Waals surface area contributed by atoms with Crippen molar-refractivity contribution >= 4 is 16.2 Å². The molecule has 0 aromatic carbocycles. The van der Waals surface area contributed by atoms with Crippen LogP contribution >= 0.6 is 0 Å². The van der Waals surface area contributed by atoms with Crippen LogP contribution in [0.3, 0.4) is 0 Å². The number of hydrogen-bond donors (Lipinski definition) is 1. The lowest BCUT2D eigenvalue weighted by Crippen LogP contribution is -2.47. The van der Waals surface area contributed by atoms with Gasteiger partial charge in [-0.25, -0.2) is 0 Å². The van der Waals surface area contributed by atoms with Crippen molar-refractivity contribution in [1.82, 2.24) is 8.61 Å². The van der Waals surface area contributed by atoms with E-state index < -0.39 is 16.2 Å². The number of carboxylic acids is 1. The Hall–Kier alpha value is -0.660. The van der Waals surface area contributed by atoms with Crippen molar-refractivity contribution in [3.8, 4) is 0 Å². The van der Waals surface area contributed by atoms with Gasteiger partial charge in [0, 0.05) is 26.2 Å². The largest absolute Gasteiger partial charge is 0.481 e. The first-order valence-corrected chi connectivity index (χ1v) is 7.74. The molecule has 0 aromatic heterocycles. The van der Waals surface area contributed by atoms with Gasteiger partial charge in [-0.2, -0.15) is 17.0 Å². The summed E-state index contributed by atoms with van der Waals surface area (Å²) in [5.41, 5.74) is 0. The van der Waals surface area contributed by atoms with Gasteiger partial charge in [-0.05, 0) is 18.8 Å². The third-order valence-electron chi connectivity index (χ3n) is 3.32. The smallest absolute Gasteiger partial charge is 0.304 e. The molecular formula is C11H22N2O4S. The maximum atomic E-state index is 12.3. The van der Waals surface area contributed by atoms with Gasteiger partial charge in [-0.15, -0.1) is 0 Å². The lowest BCUT2D eigenvalue weighted by Gasteiger charge is -2.33. The first-order valence-electron chi connectivity index (χ1n) is 6.35. The minimum Gasteiger partial charge on any atom is -0.481 e. The molecule has 7 heteroatoms. The van der Waals surface area contributed by atoms with Gasteiger partial charge in [0.15, 0.2) is 0 Å². The van der Waals surface area contributed by atoms with Crippen LogP contribution < -0.4 is 0 Å². The summed E-state index contributed by atoms with van der Waals surface area (Å²) >= 11 is 0. The van der Waals surface area contributed by atoms with Crippen LogP contribution in [0.4, 0.5) is 0 Å². The molecule has 0 unspecified atom stereocenters. The Bertz CT molecular complexity index is 375. The fraction of sp³-hybridized carbons (Fsp3) is 0.909. The van der Waals surface area contributed by atoms with Crippen molar-refractivity contribution in [3.63, 3.8) is 0 Å². The lowest BCUT2D eigenvalue weighted by molar-refractivity contribution is -0.137. The lowest BCUT2D eigenvalue weighted by atomic mass is 10.0. The molecule has 1 N–H and O–H groups in total. The number of nitrogens with zero attached hydrogens (tertiary/aromatic N) is 2. The van der Waals surface area contributed by atoms with Gasteiger partial charge in [-0.1, -0.05) is 13.8 Å². The predicted molar refractivity (Wildman–Crippen MR) is 68.4 cm³/mol. The summed E-state index contributed by atoms with van der Waals surface area (Å²) in [4.78, 5) is 10.5. The number of hydrogen-bond acceptors (Lipinski definition) is 3. The first-order chi connectivity index (χ1) is 8.37. The van der Waals surface area contributed by atoms with Crippen LogP contribution in [-0.2, 0) is 15.0 Å². The quantitative estimate of drug-likeness (QED) is 0.778. The molecule has 0 amide bonds. The second-order valence-electron chi connectivity index (χ2n) is 4.72. The second-order valence-corrected chi connectivity index (χ2v) is 6.65. The highest BCUT2D eigenvalue weighted by Gasteiger charge is 2.31. The van der Waals surface area contributed by atoms with E-state index >= 15 is 0 Å². The van der Waals surface area contributed by atoms with E-state index in [1.807, 2.05) is 0 Å². The molecule has 106 valence electrons. The Labute approximate surface area is 109 Å². The zero-order valence-electron chi connectivity index (χ0n) is 11.0. The van der Waals surface area contributed by atoms with Gasteiger partial charge in [0.05, 0.1) is 6.42 Å². The molecule has 1 fully saturated rings. The average Bonchev–Trinajstić information content (AvgIpc) is 2.29. The number of piperidine rings is 1. The molecule has 6 nitrogen and oxygen atoms in total. The van der Waals surface area contributed by atoms with Crippen molar-refractivity contribution in [3.05, 3.63) is 0 Å². The number of rotatable bonds is 6. The maximum Gasteiger partial charge on any atom is 0.304 e. The molecular weight excluding hydrogens is 256 g/mol. The van der Waals surface area contributed by atoms with Gasteiger partial charge >= 0.3 is 5.97 Å². The van der Waals surface area contributed by atoms with Gasteiger partial charge in [0.1, 0.15) is 0 Å². The van der Waals surface area contributed by atoms with Gasteiger partial charge in [-0.3, -0.25) is 4.79 Å². The zero-order chi connectivity index (χ0) is 13.8. The van der Waals surface area contributed by atoms with Crippen molar-refractivity contribution in [2.24, 2.45) is 5.92 Å². The van der Waals surface area contributed by atoms with Crippen LogP contribution in [0, 0.1) is 5.92 Å². The molecule has 0 bridgehead atoms. The Morgan fingerprint density at radius 2 is 1.94 bits per heavy atom. The van der Waals surface area contributed by atoms with Crippen molar-refractivity contribution in [2.45, 2.75) is 33.1 Å². The summed E-state index contributed by atoms with van der Waals surface area (Å²) in [7, 11) is -3.49. The molecule has 1 saturated heterocycles. The monoisotopic (exact) mass is 278 g/mol. The van der Waals surface area contributed by atoms with E-state index in [0.717, 1.165) is 12.8 Å². The number of aliphatic carboxylic acids is 1. The highest BCUT2D eigenvalue weighted by atomic mass is 32.2. The summed E-state index contributed by atoms with van der Waals surface area (Å²) in [5, 5.41) is 8.63. The van der Waals surface area contributed by atoms with Crippen LogP contribution in [0.25, 0.3) is 0 Å². The van der Waals surface area contributed by atoms with Gasteiger partial charge < -0.3 is 5.11 Å². The van der Waals surface area contributed by atoms with Gasteiger partial charge in [0.25, 0.3) is 10.2 Å². The van der Waals surface area contributed by atoms with E-state index in [0.29, 0.717) is 25.6 Å². The summed E-state index contributed by atoms with van der Waals surface area (Å²) in [6, 6.07) is 0. The van der Waals surface area contributed by atoms with Crippen molar-refractivity contribution in [1.29, 1.82) is 0 Å². The highest BCUT2D eigenvalue weighted by molar-refractivity contribution is 7.86. The first kappa shape index (κ1) is 15.4. The molecule has 0 spiro atoms. The van der Waals surface area contributed by atoms with E-state index in [9.17, 15) is 13.2 Å². The number of carboxylic acid groups (broad SMARTS) is 1. The normalized spacial score (nSPS) is 19.3. The standard InChI is InChI=1S/C11H22N2O4S/c1-3-12(9-6-11(14)15)18(16,17)13-7-4-10(2)5-8-13/h10H,3-9H2,1-2H3,(H,14,15). The third kappa shape index (κ3) is 3.93. The molecule has 1 aliphatic rings. The molecule has 1 rings (SSSR count). The Morgan fingerprint density at radius 1 is 1.39 bits per heavy atom. The van der Waals surface area contributed by atoms with Crippen LogP contribution in [-0.4, -0.2) is 54.3 Å². The molecule has 18 heavy (non-hydrogen) atoms. The van der Waals surface area contributed by atoms with Crippen molar-refractivity contribution in [2.75, 3.05) is 26.2 Å². The fourth-order valence-corrected chi connectivity index (χ4v) is 3.68. The van der Waals surface area contributed by atoms with E-state index in [1.54, 1.807) is 6.92 Å². The maximum absolute atomic E-state index is 12.3. The van der Waals surface area contributed by atoms with Gasteiger partial charge in [0.2, 0.25) is 0 Å². The Morgan fingerprint density at radius 3 is 2.39 bits per heavy atom. The minimum atomic E-state index is -3.49. The number of carbonyl (C=O) groups is 1. The summed E-state index contributed by atoms with van der Waals surface area (Å²) in [5.74, 6) is -0.415. The van der Waals surface area contributed by atoms with E-state index in [2.05, 4.69) is 6.92 Å². The predicted octanol–water partition coefficient (Wildman–Crippen LogP) is 0.760. The van der Waals surface area contributed by atoms with E-state index in [4.69, 9.17) is 5.11 Å². The minimum absolute atomic E-state index is 0.0419. The molecule has 0 saturated carbocycles. The van der Waals surface area contributed by atoms with Crippen LogP contribution in [0.2, 0.25) is 0 Å². The Kier molecular flexibility index (Phi) is 5.55. The van der Waals surface area contributed by atoms with E-state index in [-0.39, 0.29) is 13.0 Å². The molecule has 0 aliphatic carbocycles. The van der Waals surface area contributed by atoms with E-state index in [1.165, 1.54) is 8.61 Å². The van der Waals surface area contributed by atoms with Crippen LogP contribution in [0.5, 0.6) is 0 Å². The molecule has 0 aromatic rings. The zero-order valence-corrected chi connectivity index (χ0v) is 11.8. The van der Waals surface area contributed by atoms with Crippen LogP contribution in [0.1, 0.15) is 33.1 Å². The molecule has 1 aliphatic heterocycles. The summed E-state index contributed by atoms with van der Waals surface area (Å²) in [6.07, 6.45) is 1.59. The fourth-order valence-electron chi connectivity index (χ4n) is 2.04. The SMILES string of the molecule is CCN(CCC(=O)O)S(=O)(=O)N1CCC(C)CC1. The second kappa shape index (κ2) is 6.49. The molecule has 1 heterocycles. The average molecular weight is 278 g/mol. The summed E-state index contributed by atoms with van der Waals surface area (Å²) < 4.78 is 27.3. The summed E-state index contributed by atoms with van der Waals surface area (Å²) in [6.45, 7) is 5.26.